The highest BCUT2D eigenvalue weighted by molar-refractivity contribution is 5.76. The van der Waals surface area contributed by atoms with Crippen molar-refractivity contribution in [2.24, 2.45) is 5.92 Å². The number of carbonyl (C=O) groups excluding carboxylic acids is 1. The van der Waals surface area contributed by atoms with Crippen molar-refractivity contribution in [3.05, 3.63) is 0 Å². The van der Waals surface area contributed by atoms with E-state index in [4.69, 9.17) is 14.6 Å². The molecule has 2 N–H and O–H groups in total. The second kappa shape index (κ2) is 7.63. The van der Waals surface area contributed by atoms with E-state index in [1.165, 1.54) is 0 Å². The van der Waals surface area contributed by atoms with Crippen molar-refractivity contribution in [2.45, 2.75) is 38.3 Å². The summed E-state index contributed by atoms with van der Waals surface area (Å²) < 4.78 is 10.3. The van der Waals surface area contributed by atoms with Crippen LogP contribution in [0.15, 0.2) is 0 Å². The zero-order valence-corrected chi connectivity index (χ0v) is 10.6. The van der Waals surface area contributed by atoms with Gasteiger partial charge >= 0.3 is 0 Å². The van der Waals surface area contributed by atoms with Gasteiger partial charge in [-0.05, 0) is 25.7 Å². The van der Waals surface area contributed by atoms with Gasteiger partial charge in [0.25, 0.3) is 0 Å². The molecule has 1 atom stereocenters. The van der Waals surface area contributed by atoms with E-state index in [0.717, 1.165) is 19.4 Å². The monoisotopic (exact) mass is 245 g/mol. The number of aliphatic hydroxyl groups is 1. The van der Waals surface area contributed by atoms with Gasteiger partial charge in [0, 0.05) is 20.1 Å². The van der Waals surface area contributed by atoms with Crippen LogP contribution in [0, 0.1) is 5.92 Å². The number of rotatable bonds is 8. The van der Waals surface area contributed by atoms with Gasteiger partial charge in [-0.3, -0.25) is 4.79 Å². The molecule has 0 aliphatic heterocycles. The van der Waals surface area contributed by atoms with Crippen LogP contribution in [-0.4, -0.2) is 50.1 Å². The Morgan fingerprint density at radius 3 is 2.76 bits per heavy atom. The molecule has 1 fully saturated rings. The number of methoxy groups -OCH3 is 1. The Labute approximate surface area is 102 Å². The van der Waals surface area contributed by atoms with Gasteiger partial charge in [-0.2, -0.15) is 0 Å². The second-order valence-electron chi connectivity index (χ2n) is 4.52. The minimum Gasteiger partial charge on any atom is -0.394 e. The third-order valence-electron chi connectivity index (χ3n) is 3.02. The second-order valence-corrected chi connectivity index (χ2v) is 4.52. The molecular weight excluding hydrogens is 222 g/mol. The minimum atomic E-state index is -0.296. The van der Waals surface area contributed by atoms with Crippen LogP contribution >= 0.6 is 0 Å². The lowest BCUT2D eigenvalue weighted by atomic mass is 9.80. The molecule has 17 heavy (non-hydrogen) atoms. The van der Waals surface area contributed by atoms with Crippen LogP contribution in [0.2, 0.25) is 0 Å². The van der Waals surface area contributed by atoms with E-state index in [1.54, 1.807) is 7.11 Å². The van der Waals surface area contributed by atoms with Crippen molar-refractivity contribution < 1.29 is 19.4 Å². The minimum absolute atomic E-state index is 0.0129. The molecule has 0 heterocycles. The van der Waals surface area contributed by atoms with E-state index in [9.17, 15) is 4.79 Å². The van der Waals surface area contributed by atoms with Gasteiger partial charge in [-0.25, -0.2) is 0 Å². The Morgan fingerprint density at radius 2 is 2.24 bits per heavy atom. The SMILES string of the molecule is CCOC1CC(CC(=O)NC(CO)COC)C1. The molecule has 0 saturated heterocycles. The van der Waals surface area contributed by atoms with Gasteiger partial charge in [-0.1, -0.05) is 0 Å². The maximum Gasteiger partial charge on any atom is 0.220 e. The average molecular weight is 245 g/mol. The van der Waals surface area contributed by atoms with E-state index < -0.39 is 0 Å². The normalized spacial score (nSPS) is 25.1. The van der Waals surface area contributed by atoms with Gasteiger partial charge in [0.2, 0.25) is 5.91 Å². The van der Waals surface area contributed by atoms with Crippen molar-refractivity contribution in [3.8, 4) is 0 Å². The summed E-state index contributed by atoms with van der Waals surface area (Å²) in [6.07, 6.45) is 2.79. The number of aliphatic hydroxyl groups excluding tert-OH is 1. The topological polar surface area (TPSA) is 67.8 Å². The molecule has 1 saturated carbocycles. The van der Waals surface area contributed by atoms with Gasteiger partial charge in [-0.15, -0.1) is 0 Å². The zero-order chi connectivity index (χ0) is 12.7. The maximum absolute atomic E-state index is 11.6. The van der Waals surface area contributed by atoms with Crippen LogP contribution in [0.4, 0.5) is 0 Å². The molecule has 1 aliphatic carbocycles. The molecule has 5 nitrogen and oxygen atoms in total. The first-order chi connectivity index (χ1) is 8.19. The smallest absolute Gasteiger partial charge is 0.220 e. The van der Waals surface area contributed by atoms with E-state index in [1.807, 2.05) is 6.92 Å². The Morgan fingerprint density at radius 1 is 1.53 bits per heavy atom. The third kappa shape index (κ3) is 5.02. The summed E-state index contributed by atoms with van der Waals surface area (Å²) in [4.78, 5) is 11.6. The molecule has 100 valence electrons. The molecule has 1 unspecified atom stereocenters. The molecule has 0 aromatic rings. The van der Waals surface area contributed by atoms with Crippen LogP contribution in [-0.2, 0) is 14.3 Å². The van der Waals surface area contributed by atoms with Gasteiger partial charge in [0.1, 0.15) is 0 Å². The fourth-order valence-electron chi connectivity index (χ4n) is 2.10. The van der Waals surface area contributed by atoms with Crippen molar-refractivity contribution >= 4 is 5.91 Å². The number of hydrogen-bond acceptors (Lipinski definition) is 4. The molecule has 1 amide bonds. The molecule has 1 aliphatic rings. The van der Waals surface area contributed by atoms with Crippen LogP contribution in [0.25, 0.3) is 0 Å². The van der Waals surface area contributed by atoms with Crippen LogP contribution in [0.1, 0.15) is 26.2 Å². The van der Waals surface area contributed by atoms with Crippen LogP contribution in [0.5, 0.6) is 0 Å². The predicted octanol–water partition coefficient (Wildman–Crippen LogP) is 0.315. The maximum atomic E-state index is 11.6. The lowest BCUT2D eigenvalue weighted by Crippen LogP contribution is -2.43. The first-order valence-electron chi connectivity index (χ1n) is 6.20. The largest absolute Gasteiger partial charge is 0.394 e. The Hall–Kier alpha value is -0.650. The Balaban J connectivity index is 2.13. The third-order valence-corrected chi connectivity index (χ3v) is 3.02. The van der Waals surface area contributed by atoms with E-state index in [-0.39, 0.29) is 18.6 Å². The summed E-state index contributed by atoms with van der Waals surface area (Å²) in [5.74, 6) is 0.412. The molecule has 5 heteroatoms. The lowest BCUT2D eigenvalue weighted by molar-refractivity contribution is -0.125. The Bertz CT molecular complexity index is 229. The van der Waals surface area contributed by atoms with Crippen LogP contribution < -0.4 is 5.32 Å². The summed E-state index contributed by atoms with van der Waals surface area (Å²) in [7, 11) is 1.55. The van der Waals surface area contributed by atoms with Crippen molar-refractivity contribution in [2.75, 3.05) is 26.9 Å². The standard InChI is InChI=1S/C12H23NO4/c1-3-17-11-4-9(5-11)6-12(15)13-10(7-14)8-16-2/h9-11,14H,3-8H2,1-2H3,(H,13,15). The highest BCUT2D eigenvalue weighted by atomic mass is 16.5. The lowest BCUT2D eigenvalue weighted by Gasteiger charge is -2.34. The van der Waals surface area contributed by atoms with Crippen molar-refractivity contribution in [1.29, 1.82) is 0 Å². The summed E-state index contributed by atoms with van der Waals surface area (Å²) in [6.45, 7) is 2.97. The number of amides is 1. The number of nitrogens with one attached hydrogen (secondary N) is 1. The van der Waals surface area contributed by atoms with Gasteiger partial charge in [0.15, 0.2) is 0 Å². The molecule has 0 radical (unpaired) electrons. The van der Waals surface area contributed by atoms with Crippen molar-refractivity contribution in [1.82, 2.24) is 5.32 Å². The number of hydrogen-bond donors (Lipinski definition) is 2. The molecule has 0 bridgehead atoms. The summed E-state index contributed by atoms with van der Waals surface area (Å²) in [5.41, 5.74) is 0. The molecule has 0 aromatic heterocycles. The van der Waals surface area contributed by atoms with E-state index in [2.05, 4.69) is 5.32 Å². The first-order valence-corrected chi connectivity index (χ1v) is 6.20. The summed E-state index contributed by atoms with van der Waals surface area (Å²) in [5, 5.41) is 11.8. The highest BCUT2D eigenvalue weighted by Crippen LogP contribution is 2.32. The number of carbonyl (C=O) groups is 1. The average Bonchev–Trinajstić information content (AvgIpc) is 2.25. The predicted molar refractivity (Wildman–Crippen MR) is 63.6 cm³/mol. The summed E-state index contributed by atoms with van der Waals surface area (Å²) in [6, 6.07) is -0.296. The summed E-state index contributed by atoms with van der Waals surface area (Å²) >= 11 is 0. The first kappa shape index (κ1) is 14.4. The van der Waals surface area contributed by atoms with Gasteiger partial charge < -0.3 is 19.9 Å². The number of ether oxygens (including phenoxy) is 2. The quantitative estimate of drug-likeness (QED) is 0.646. The fourth-order valence-corrected chi connectivity index (χ4v) is 2.10. The Kier molecular flexibility index (Phi) is 6.47. The highest BCUT2D eigenvalue weighted by Gasteiger charge is 2.31. The van der Waals surface area contributed by atoms with E-state index in [0.29, 0.717) is 25.0 Å². The zero-order valence-electron chi connectivity index (χ0n) is 10.6. The van der Waals surface area contributed by atoms with Gasteiger partial charge in [0.05, 0.1) is 25.4 Å². The molecule has 0 aromatic carbocycles. The van der Waals surface area contributed by atoms with Crippen molar-refractivity contribution in [3.63, 3.8) is 0 Å². The molecule has 0 spiro atoms. The van der Waals surface area contributed by atoms with E-state index >= 15 is 0 Å². The van der Waals surface area contributed by atoms with Crippen LogP contribution in [0.3, 0.4) is 0 Å². The molecule has 1 rings (SSSR count). The fraction of sp³-hybridized carbons (Fsp3) is 0.917. The molecular formula is C12H23NO4.